The Hall–Kier alpha value is -1.09. The van der Waals surface area contributed by atoms with Crippen LogP contribution in [0.3, 0.4) is 0 Å². The zero-order chi connectivity index (χ0) is 14.4. The highest BCUT2D eigenvalue weighted by Crippen LogP contribution is 2.43. The highest BCUT2D eigenvalue weighted by molar-refractivity contribution is 6.32. The summed E-state index contributed by atoms with van der Waals surface area (Å²) in [5, 5.41) is -0.621. The average molecular weight is 284 g/mol. The summed E-state index contributed by atoms with van der Waals surface area (Å²) in [7, 11) is 0. The number of nitrogens with zero attached hydrogens (tertiary/aromatic N) is 1. The minimum Gasteiger partial charge on any atom is -0.305 e. The van der Waals surface area contributed by atoms with Gasteiger partial charge in [0.15, 0.2) is 0 Å². The number of alkyl halides is 1. The van der Waals surface area contributed by atoms with Gasteiger partial charge in [-0.2, -0.15) is 0 Å². The molecule has 0 radical (unpaired) electrons. The fourth-order valence-corrected chi connectivity index (χ4v) is 3.10. The van der Waals surface area contributed by atoms with Crippen LogP contribution in [0.15, 0.2) is 18.2 Å². The van der Waals surface area contributed by atoms with Gasteiger partial charge in [0, 0.05) is 5.54 Å². The van der Waals surface area contributed by atoms with E-state index in [0.717, 1.165) is 12.0 Å². The van der Waals surface area contributed by atoms with Gasteiger partial charge in [-0.25, -0.2) is 4.39 Å². The summed E-state index contributed by atoms with van der Waals surface area (Å²) in [6.45, 7) is 7.74. The molecule has 1 aromatic rings. The first kappa shape index (κ1) is 14.3. The van der Waals surface area contributed by atoms with Crippen LogP contribution in [-0.2, 0) is 4.79 Å². The predicted molar refractivity (Wildman–Crippen MR) is 76.3 cm³/mol. The fourth-order valence-electron chi connectivity index (χ4n) is 3.00. The van der Waals surface area contributed by atoms with Crippen LogP contribution in [0.25, 0.3) is 0 Å². The second kappa shape index (κ2) is 4.78. The number of halogens is 2. The van der Waals surface area contributed by atoms with Crippen LogP contribution in [0.1, 0.15) is 45.6 Å². The number of rotatable bonds is 1. The third-order valence-electron chi connectivity index (χ3n) is 3.74. The largest absolute Gasteiger partial charge is 0.305 e. The first-order valence-corrected chi connectivity index (χ1v) is 6.95. The summed E-state index contributed by atoms with van der Waals surface area (Å²) < 4.78 is 13.5. The first-order chi connectivity index (χ1) is 8.74. The quantitative estimate of drug-likeness (QED) is 0.712. The van der Waals surface area contributed by atoms with Crippen molar-refractivity contribution in [2.45, 2.75) is 50.9 Å². The maximum atomic E-state index is 13.5. The lowest BCUT2D eigenvalue weighted by atomic mass is 9.80. The molecule has 19 heavy (non-hydrogen) atoms. The van der Waals surface area contributed by atoms with E-state index in [9.17, 15) is 9.18 Å². The van der Waals surface area contributed by atoms with Crippen molar-refractivity contribution in [3.8, 4) is 0 Å². The van der Waals surface area contributed by atoms with Crippen molar-refractivity contribution in [1.82, 2.24) is 0 Å². The van der Waals surface area contributed by atoms with E-state index in [4.69, 9.17) is 11.6 Å². The van der Waals surface area contributed by atoms with Gasteiger partial charge in [0.25, 0.3) is 0 Å². The second-order valence-electron chi connectivity index (χ2n) is 5.91. The molecular formula is C15H19ClFNO. The number of anilines is 1. The van der Waals surface area contributed by atoms with Crippen molar-refractivity contribution in [2.75, 3.05) is 4.90 Å². The molecule has 104 valence electrons. The molecule has 0 N–H and O–H groups in total. The van der Waals surface area contributed by atoms with Gasteiger partial charge in [-0.15, -0.1) is 11.6 Å². The van der Waals surface area contributed by atoms with Crippen molar-refractivity contribution in [3.63, 3.8) is 0 Å². The molecule has 0 spiro atoms. The van der Waals surface area contributed by atoms with Gasteiger partial charge >= 0.3 is 0 Å². The van der Waals surface area contributed by atoms with Crippen LogP contribution in [0.5, 0.6) is 0 Å². The van der Waals surface area contributed by atoms with Crippen LogP contribution >= 0.6 is 11.6 Å². The summed E-state index contributed by atoms with van der Waals surface area (Å²) in [5.74, 6) is -0.214. The van der Waals surface area contributed by atoms with E-state index in [-0.39, 0.29) is 17.3 Å². The van der Waals surface area contributed by atoms with Crippen molar-refractivity contribution in [1.29, 1.82) is 0 Å². The van der Waals surface area contributed by atoms with Gasteiger partial charge in [0.1, 0.15) is 11.2 Å². The molecule has 0 saturated heterocycles. The number of carbonyl (C=O) groups is 1. The van der Waals surface area contributed by atoms with Crippen LogP contribution in [0, 0.1) is 5.82 Å². The van der Waals surface area contributed by atoms with E-state index in [0.29, 0.717) is 11.6 Å². The Morgan fingerprint density at radius 1 is 1.53 bits per heavy atom. The first-order valence-electron chi connectivity index (χ1n) is 6.51. The lowest BCUT2D eigenvalue weighted by Gasteiger charge is -2.46. The third-order valence-corrected chi connectivity index (χ3v) is 3.92. The third kappa shape index (κ3) is 2.48. The molecule has 2 atom stereocenters. The van der Waals surface area contributed by atoms with Crippen molar-refractivity contribution in [2.24, 2.45) is 0 Å². The molecule has 0 bridgehead atoms. The topological polar surface area (TPSA) is 20.3 Å². The molecular weight excluding hydrogens is 265 g/mol. The van der Waals surface area contributed by atoms with Gasteiger partial charge in [-0.1, -0.05) is 13.0 Å². The maximum absolute atomic E-state index is 13.5. The van der Waals surface area contributed by atoms with Crippen molar-refractivity contribution >= 4 is 23.2 Å². The van der Waals surface area contributed by atoms with Gasteiger partial charge in [-0.3, -0.25) is 4.79 Å². The van der Waals surface area contributed by atoms with Crippen LogP contribution in [0.2, 0.25) is 0 Å². The van der Waals surface area contributed by atoms with Crippen LogP contribution < -0.4 is 4.90 Å². The SMILES string of the molecule is C[C@@H]1CC(C)(C)N(C(=O)[C@@H](C)Cl)c2cc(F)ccc21. The molecule has 1 aromatic carbocycles. The molecule has 1 amide bonds. The minimum atomic E-state index is -0.621. The highest BCUT2D eigenvalue weighted by atomic mass is 35.5. The zero-order valence-corrected chi connectivity index (χ0v) is 12.5. The van der Waals surface area contributed by atoms with Crippen molar-refractivity contribution in [3.05, 3.63) is 29.6 Å². The Balaban J connectivity index is 2.60. The van der Waals surface area contributed by atoms with Crippen molar-refractivity contribution < 1.29 is 9.18 Å². The molecule has 0 aromatic heterocycles. The Morgan fingerprint density at radius 2 is 2.16 bits per heavy atom. The van der Waals surface area contributed by atoms with E-state index in [1.165, 1.54) is 12.1 Å². The molecule has 0 fully saturated rings. The Morgan fingerprint density at radius 3 is 2.74 bits per heavy atom. The average Bonchev–Trinajstić information content (AvgIpc) is 2.26. The standard InChI is InChI=1S/C15H19ClFNO/c1-9-8-15(3,4)18(14(19)10(2)16)13-7-11(17)5-6-12(9)13/h5-7,9-10H,8H2,1-4H3/t9-,10-/m1/s1. The molecule has 4 heteroatoms. The second-order valence-corrected chi connectivity index (χ2v) is 6.57. The lowest BCUT2D eigenvalue weighted by Crippen LogP contribution is -2.53. The molecule has 0 aliphatic carbocycles. The highest BCUT2D eigenvalue weighted by Gasteiger charge is 2.41. The van der Waals surface area contributed by atoms with Crippen LogP contribution in [0.4, 0.5) is 10.1 Å². The normalized spacial score (nSPS) is 22.8. The summed E-state index contributed by atoms with van der Waals surface area (Å²) in [6.07, 6.45) is 0.834. The van der Waals surface area contributed by atoms with Gasteiger partial charge in [-0.05, 0) is 50.8 Å². The van der Waals surface area contributed by atoms with Gasteiger partial charge in [0.2, 0.25) is 5.91 Å². The number of benzene rings is 1. The zero-order valence-electron chi connectivity index (χ0n) is 11.7. The lowest BCUT2D eigenvalue weighted by molar-refractivity contribution is -0.119. The monoisotopic (exact) mass is 283 g/mol. The maximum Gasteiger partial charge on any atom is 0.245 e. The molecule has 1 aliphatic rings. The Labute approximate surface area is 118 Å². The van der Waals surface area contributed by atoms with E-state index < -0.39 is 5.38 Å². The number of amides is 1. The fraction of sp³-hybridized carbons (Fsp3) is 0.533. The molecule has 0 unspecified atom stereocenters. The van der Waals surface area contributed by atoms with E-state index in [1.54, 1.807) is 17.9 Å². The van der Waals surface area contributed by atoms with Crippen LogP contribution in [-0.4, -0.2) is 16.8 Å². The minimum absolute atomic E-state index is 0.176. The summed E-state index contributed by atoms with van der Waals surface area (Å²) >= 11 is 5.95. The Bertz CT molecular complexity index is 513. The molecule has 0 saturated carbocycles. The summed E-state index contributed by atoms with van der Waals surface area (Å²) in [6, 6.07) is 4.65. The Kier molecular flexibility index (Phi) is 3.61. The summed E-state index contributed by atoms with van der Waals surface area (Å²) in [4.78, 5) is 14.0. The number of hydrogen-bond acceptors (Lipinski definition) is 1. The molecule has 2 nitrogen and oxygen atoms in total. The van der Waals surface area contributed by atoms with Gasteiger partial charge < -0.3 is 4.90 Å². The molecule has 2 rings (SSSR count). The number of hydrogen-bond donors (Lipinski definition) is 0. The van der Waals surface area contributed by atoms with Gasteiger partial charge in [0.05, 0.1) is 5.69 Å². The number of fused-ring (bicyclic) bond motifs is 1. The molecule has 1 heterocycles. The summed E-state index contributed by atoms with van der Waals surface area (Å²) in [5.41, 5.74) is 1.30. The van der Waals surface area contributed by atoms with E-state index in [1.807, 2.05) is 13.8 Å². The van der Waals surface area contributed by atoms with E-state index in [2.05, 4.69) is 6.92 Å². The predicted octanol–water partition coefficient (Wildman–Crippen LogP) is 4.07. The molecule has 1 aliphatic heterocycles. The number of carbonyl (C=O) groups excluding carboxylic acids is 1. The smallest absolute Gasteiger partial charge is 0.245 e. The van der Waals surface area contributed by atoms with E-state index >= 15 is 0 Å².